The lowest BCUT2D eigenvalue weighted by Crippen LogP contribution is -2.62. The van der Waals surface area contributed by atoms with Crippen molar-refractivity contribution in [3.63, 3.8) is 0 Å². The van der Waals surface area contributed by atoms with E-state index >= 15 is 0 Å². The van der Waals surface area contributed by atoms with Crippen LogP contribution in [0.1, 0.15) is 25.8 Å². The first-order valence-corrected chi connectivity index (χ1v) is 10.3. The van der Waals surface area contributed by atoms with Crippen LogP contribution in [0.25, 0.3) is 0 Å². The molecule has 4 rings (SSSR count). The molecule has 1 aromatic heterocycles. The molecule has 156 valence electrons. The van der Waals surface area contributed by atoms with Crippen molar-refractivity contribution in [3.8, 4) is 0 Å². The van der Waals surface area contributed by atoms with Gasteiger partial charge in [-0.1, -0.05) is 29.3 Å². The van der Waals surface area contributed by atoms with Gasteiger partial charge in [-0.2, -0.15) is 5.10 Å². The fourth-order valence-electron chi connectivity index (χ4n) is 4.04. The lowest BCUT2D eigenvalue weighted by atomic mass is 9.95. The fourth-order valence-corrected chi connectivity index (χ4v) is 4.55. The van der Waals surface area contributed by atoms with Crippen LogP contribution in [0.2, 0.25) is 10.0 Å². The van der Waals surface area contributed by atoms with Gasteiger partial charge < -0.3 is 14.4 Å². The molecule has 29 heavy (non-hydrogen) atoms. The predicted octanol–water partition coefficient (Wildman–Crippen LogP) is 4.04. The van der Waals surface area contributed by atoms with Crippen LogP contribution in [0.3, 0.4) is 0 Å². The average Bonchev–Trinajstić information content (AvgIpc) is 3.26. The summed E-state index contributed by atoms with van der Waals surface area (Å²) in [6.45, 7) is 6.48. The number of halogens is 2. The number of nitrogens with one attached hydrogen (secondary N) is 1. The average molecular weight is 439 g/mol. The van der Waals surface area contributed by atoms with Crippen molar-refractivity contribution in [1.29, 1.82) is 0 Å². The second-order valence-corrected chi connectivity index (χ2v) is 9.02. The van der Waals surface area contributed by atoms with Crippen molar-refractivity contribution in [3.05, 3.63) is 46.1 Å². The van der Waals surface area contributed by atoms with Crippen molar-refractivity contribution in [2.45, 2.75) is 38.0 Å². The molecule has 2 aromatic rings. The highest BCUT2D eigenvalue weighted by molar-refractivity contribution is 6.35. The van der Waals surface area contributed by atoms with Gasteiger partial charge in [0.25, 0.3) is 0 Å². The molecule has 1 aromatic carbocycles. The molecule has 1 N–H and O–H groups in total. The van der Waals surface area contributed by atoms with Gasteiger partial charge in [0.05, 0.1) is 38.0 Å². The largest absolute Gasteiger partial charge is 0.378 e. The zero-order valence-corrected chi connectivity index (χ0v) is 18.0. The minimum Gasteiger partial charge on any atom is -0.378 e. The summed E-state index contributed by atoms with van der Waals surface area (Å²) in [6.07, 6.45) is 2.42. The maximum atomic E-state index is 13.1. The quantitative estimate of drug-likeness (QED) is 0.784. The number of aromatic nitrogens is 2. The van der Waals surface area contributed by atoms with Gasteiger partial charge in [0.15, 0.2) is 0 Å². The number of ether oxygens (including phenoxy) is 2. The van der Waals surface area contributed by atoms with Crippen LogP contribution in [-0.2, 0) is 16.0 Å². The summed E-state index contributed by atoms with van der Waals surface area (Å²) < 4.78 is 13.5. The van der Waals surface area contributed by atoms with Crippen LogP contribution < -0.4 is 5.32 Å². The minimum absolute atomic E-state index is 0.195. The van der Waals surface area contributed by atoms with Crippen LogP contribution in [0.5, 0.6) is 0 Å². The number of nitrogens with zero attached hydrogens (tertiary/aromatic N) is 3. The first-order chi connectivity index (χ1) is 13.8. The molecule has 7 nitrogen and oxygen atoms in total. The van der Waals surface area contributed by atoms with Gasteiger partial charge in [-0.25, -0.2) is 9.48 Å². The molecule has 9 heteroatoms. The Bertz CT molecular complexity index is 889. The molecule has 2 aliphatic heterocycles. The maximum absolute atomic E-state index is 13.1. The van der Waals surface area contributed by atoms with E-state index in [2.05, 4.69) is 10.4 Å². The molecule has 0 saturated carbocycles. The Balaban J connectivity index is 1.50. The highest BCUT2D eigenvalue weighted by atomic mass is 35.5. The van der Waals surface area contributed by atoms with Gasteiger partial charge in [-0.15, -0.1) is 0 Å². The van der Waals surface area contributed by atoms with Gasteiger partial charge in [0.1, 0.15) is 11.4 Å². The normalized spacial score (nSPS) is 23.5. The Morgan fingerprint density at radius 2 is 2.00 bits per heavy atom. The Hall–Kier alpha value is -1.80. The number of urea groups is 1. The van der Waals surface area contributed by atoms with E-state index in [1.807, 2.05) is 13.8 Å². The zero-order valence-electron chi connectivity index (χ0n) is 16.5. The van der Waals surface area contributed by atoms with E-state index in [4.69, 9.17) is 32.7 Å². The number of morpholine rings is 1. The molecule has 2 saturated heterocycles. The van der Waals surface area contributed by atoms with E-state index in [9.17, 15) is 4.79 Å². The molecular weight excluding hydrogens is 415 g/mol. The molecule has 2 amide bonds. The molecular formula is C20H24Cl2N4O3. The minimum atomic E-state index is -0.450. The number of benzene rings is 1. The van der Waals surface area contributed by atoms with Crippen molar-refractivity contribution in [2.75, 3.05) is 31.6 Å². The number of hydrogen-bond donors (Lipinski definition) is 1. The van der Waals surface area contributed by atoms with Gasteiger partial charge in [0, 0.05) is 34.7 Å². The van der Waals surface area contributed by atoms with Gasteiger partial charge in [0.2, 0.25) is 0 Å². The monoisotopic (exact) mass is 438 g/mol. The van der Waals surface area contributed by atoms with E-state index in [-0.39, 0.29) is 6.03 Å². The fraction of sp³-hybridized carbons (Fsp3) is 0.500. The zero-order chi connectivity index (χ0) is 20.6. The number of hydrogen-bond acceptors (Lipinski definition) is 4. The summed E-state index contributed by atoms with van der Waals surface area (Å²) in [7, 11) is 0. The molecule has 3 heterocycles. The summed E-state index contributed by atoms with van der Waals surface area (Å²) in [5, 5.41) is 8.40. The van der Waals surface area contributed by atoms with Crippen molar-refractivity contribution in [2.24, 2.45) is 0 Å². The van der Waals surface area contributed by atoms with E-state index in [0.717, 1.165) is 12.0 Å². The molecule has 2 fully saturated rings. The van der Waals surface area contributed by atoms with E-state index in [1.165, 1.54) is 0 Å². The van der Waals surface area contributed by atoms with Crippen LogP contribution in [0.4, 0.5) is 10.6 Å². The number of carbonyl (C=O) groups excluding carboxylic acids is 1. The van der Waals surface area contributed by atoms with E-state index in [0.29, 0.717) is 48.7 Å². The Labute approximate surface area is 179 Å². The highest BCUT2D eigenvalue weighted by Crippen LogP contribution is 2.35. The molecule has 2 aliphatic rings. The first kappa shape index (κ1) is 20.5. The Morgan fingerprint density at radius 3 is 2.69 bits per heavy atom. The lowest BCUT2D eigenvalue weighted by molar-refractivity contribution is -0.185. The van der Waals surface area contributed by atoms with Crippen LogP contribution in [0, 0.1) is 0 Å². The Morgan fingerprint density at radius 1 is 1.24 bits per heavy atom. The molecule has 0 radical (unpaired) electrons. The molecule has 0 bridgehead atoms. The van der Waals surface area contributed by atoms with Gasteiger partial charge in [-0.05, 0) is 26.0 Å². The maximum Gasteiger partial charge on any atom is 0.323 e. The lowest BCUT2D eigenvalue weighted by Gasteiger charge is -2.47. The highest BCUT2D eigenvalue weighted by Gasteiger charge is 2.48. The smallest absolute Gasteiger partial charge is 0.323 e. The van der Waals surface area contributed by atoms with Crippen LogP contribution in [-0.4, -0.2) is 58.2 Å². The van der Waals surface area contributed by atoms with Crippen LogP contribution >= 0.6 is 23.2 Å². The summed E-state index contributed by atoms with van der Waals surface area (Å²) in [5.74, 6) is 0.576. The standard InChI is InChI=1S/C20H24Cl2N4O3/c1-19(2)11-25(12-20(29-19)7-9-28-13-20)18(27)24-17-6-8-23-26(17)10-14-15(21)4-3-5-16(14)22/h3-6,8H,7,9-13H2,1-2H3,(H,24,27). The third kappa shape index (κ3) is 4.38. The van der Waals surface area contributed by atoms with Crippen molar-refractivity contribution >= 4 is 35.1 Å². The van der Waals surface area contributed by atoms with Gasteiger partial charge in [-0.3, -0.25) is 5.32 Å². The summed E-state index contributed by atoms with van der Waals surface area (Å²) in [4.78, 5) is 14.8. The van der Waals surface area contributed by atoms with Crippen molar-refractivity contribution < 1.29 is 14.3 Å². The summed E-state index contributed by atoms with van der Waals surface area (Å²) in [5.41, 5.74) is -0.136. The number of amides is 2. The molecule has 0 aliphatic carbocycles. The van der Waals surface area contributed by atoms with E-state index < -0.39 is 11.2 Å². The molecule has 1 unspecified atom stereocenters. The Kier molecular flexibility index (Phi) is 5.50. The first-order valence-electron chi connectivity index (χ1n) is 9.56. The number of carbonyl (C=O) groups is 1. The topological polar surface area (TPSA) is 68.6 Å². The number of anilines is 1. The van der Waals surface area contributed by atoms with Gasteiger partial charge >= 0.3 is 6.03 Å². The third-order valence-corrected chi connectivity index (χ3v) is 5.93. The SMILES string of the molecule is CC1(C)CN(C(=O)Nc2ccnn2Cc2c(Cl)cccc2Cl)CC2(CCOC2)O1. The van der Waals surface area contributed by atoms with Crippen molar-refractivity contribution in [1.82, 2.24) is 14.7 Å². The summed E-state index contributed by atoms with van der Waals surface area (Å²) in [6, 6.07) is 6.91. The predicted molar refractivity (Wildman–Crippen MR) is 112 cm³/mol. The van der Waals surface area contributed by atoms with E-state index in [1.54, 1.807) is 40.0 Å². The summed E-state index contributed by atoms with van der Waals surface area (Å²) >= 11 is 12.6. The second kappa shape index (κ2) is 7.80. The van der Waals surface area contributed by atoms with Crippen LogP contribution in [0.15, 0.2) is 30.5 Å². The number of rotatable bonds is 3. The molecule has 1 spiro atoms. The molecule has 1 atom stereocenters. The third-order valence-electron chi connectivity index (χ3n) is 5.22. The second-order valence-electron chi connectivity index (χ2n) is 8.21.